The Morgan fingerprint density at radius 1 is 0.889 bits per heavy atom. The van der Waals surface area contributed by atoms with Gasteiger partial charge >= 0.3 is 12.1 Å². The van der Waals surface area contributed by atoms with Crippen LogP contribution in [0.25, 0.3) is 0 Å². The number of rotatable bonds is 3. The van der Waals surface area contributed by atoms with Crippen LogP contribution in [0.5, 0.6) is 11.5 Å². The smallest absolute Gasteiger partial charge is 0.322 e. The van der Waals surface area contributed by atoms with Gasteiger partial charge in [0.1, 0.15) is 5.75 Å². The fourth-order valence-electron chi connectivity index (χ4n) is 2.85. The van der Waals surface area contributed by atoms with Crippen molar-refractivity contribution in [1.29, 1.82) is 0 Å². The number of benzene rings is 2. The van der Waals surface area contributed by atoms with Crippen LogP contribution in [0.15, 0.2) is 54.6 Å². The van der Waals surface area contributed by atoms with Crippen LogP contribution in [0.4, 0.5) is 15.3 Å². The van der Waals surface area contributed by atoms with E-state index in [1.807, 2.05) is 54.6 Å². The molecular weight excluding hydrogens is 344 g/mol. The predicted molar refractivity (Wildman–Crippen MR) is 104 cm³/mol. The average Bonchev–Trinajstić information content (AvgIpc) is 2.69. The Bertz CT molecular complexity index is 787. The maximum atomic E-state index is 12.6. The number of nitrogens with one attached hydrogen (secondary N) is 1. The van der Waals surface area contributed by atoms with Gasteiger partial charge < -0.3 is 24.8 Å². The van der Waals surface area contributed by atoms with Crippen LogP contribution in [-0.4, -0.2) is 67.0 Å². The zero-order chi connectivity index (χ0) is 19.2. The minimum atomic E-state index is -0.198. The van der Waals surface area contributed by atoms with Gasteiger partial charge in [0.25, 0.3) is 0 Å². The van der Waals surface area contributed by atoms with Crippen LogP contribution < -0.4 is 10.1 Å². The number of amides is 4. The molecule has 0 spiro atoms. The van der Waals surface area contributed by atoms with Crippen molar-refractivity contribution < 1.29 is 14.3 Å². The van der Waals surface area contributed by atoms with E-state index in [2.05, 4.69) is 5.32 Å². The minimum Gasteiger partial charge on any atom is -0.455 e. The van der Waals surface area contributed by atoms with Gasteiger partial charge in [-0.05, 0) is 24.3 Å². The lowest BCUT2D eigenvalue weighted by molar-refractivity contribution is 0.133. The molecule has 1 aliphatic heterocycles. The molecule has 0 aliphatic carbocycles. The van der Waals surface area contributed by atoms with Crippen molar-refractivity contribution in [2.75, 3.05) is 45.6 Å². The summed E-state index contributed by atoms with van der Waals surface area (Å²) in [4.78, 5) is 29.6. The highest BCUT2D eigenvalue weighted by Gasteiger charge is 2.25. The zero-order valence-electron chi connectivity index (χ0n) is 15.6. The van der Waals surface area contributed by atoms with Gasteiger partial charge in [0.05, 0.1) is 5.69 Å². The highest BCUT2D eigenvalue weighted by molar-refractivity contribution is 5.91. The van der Waals surface area contributed by atoms with Gasteiger partial charge in [0, 0.05) is 40.3 Å². The first-order chi connectivity index (χ1) is 13.0. The number of para-hydroxylation sites is 3. The summed E-state index contributed by atoms with van der Waals surface area (Å²) >= 11 is 0. The third-order valence-corrected chi connectivity index (χ3v) is 4.32. The molecule has 7 nitrogen and oxygen atoms in total. The number of piperazine rings is 1. The number of hydrogen-bond acceptors (Lipinski definition) is 3. The normalized spacial score (nSPS) is 13.9. The monoisotopic (exact) mass is 368 g/mol. The lowest BCUT2D eigenvalue weighted by Gasteiger charge is -2.35. The molecule has 1 aliphatic rings. The molecule has 2 aromatic rings. The summed E-state index contributed by atoms with van der Waals surface area (Å²) in [7, 11) is 3.45. The Labute approximate surface area is 159 Å². The van der Waals surface area contributed by atoms with Crippen molar-refractivity contribution in [3.63, 3.8) is 0 Å². The molecule has 0 atom stereocenters. The molecule has 142 valence electrons. The summed E-state index contributed by atoms with van der Waals surface area (Å²) in [6.45, 7) is 2.03. The molecule has 1 heterocycles. The molecule has 0 bridgehead atoms. The predicted octanol–water partition coefficient (Wildman–Crippen LogP) is 3.31. The van der Waals surface area contributed by atoms with Gasteiger partial charge in [-0.25, -0.2) is 9.59 Å². The maximum Gasteiger partial charge on any atom is 0.322 e. The lowest BCUT2D eigenvalue weighted by atomic mass is 10.3. The molecular formula is C20H24N4O3. The van der Waals surface area contributed by atoms with Crippen LogP contribution in [-0.2, 0) is 0 Å². The highest BCUT2D eigenvalue weighted by Crippen LogP contribution is 2.29. The summed E-state index contributed by atoms with van der Waals surface area (Å²) in [6.07, 6.45) is 0. The van der Waals surface area contributed by atoms with Gasteiger partial charge in [-0.1, -0.05) is 30.3 Å². The number of carbonyl (C=O) groups is 2. The van der Waals surface area contributed by atoms with Crippen LogP contribution in [0, 0.1) is 0 Å². The Hall–Kier alpha value is -3.22. The molecule has 0 unspecified atom stereocenters. The summed E-state index contributed by atoms with van der Waals surface area (Å²) in [6, 6.07) is 16.5. The zero-order valence-corrected chi connectivity index (χ0v) is 15.6. The number of hydrogen-bond donors (Lipinski definition) is 1. The number of carbonyl (C=O) groups excluding carboxylic acids is 2. The van der Waals surface area contributed by atoms with Crippen molar-refractivity contribution in [2.45, 2.75) is 0 Å². The van der Waals surface area contributed by atoms with E-state index in [1.54, 1.807) is 28.8 Å². The summed E-state index contributed by atoms with van der Waals surface area (Å²) in [5, 5.41) is 2.92. The fourth-order valence-corrected chi connectivity index (χ4v) is 2.85. The second kappa shape index (κ2) is 8.44. The van der Waals surface area contributed by atoms with E-state index >= 15 is 0 Å². The third kappa shape index (κ3) is 4.69. The first kappa shape index (κ1) is 18.6. The topological polar surface area (TPSA) is 65.1 Å². The van der Waals surface area contributed by atoms with E-state index in [0.29, 0.717) is 43.4 Å². The average molecular weight is 368 g/mol. The van der Waals surface area contributed by atoms with E-state index < -0.39 is 0 Å². The van der Waals surface area contributed by atoms with Crippen LogP contribution in [0.1, 0.15) is 0 Å². The molecule has 27 heavy (non-hydrogen) atoms. The molecule has 0 saturated carbocycles. The van der Waals surface area contributed by atoms with E-state index in [9.17, 15) is 9.59 Å². The Morgan fingerprint density at radius 3 is 2.15 bits per heavy atom. The summed E-state index contributed by atoms with van der Waals surface area (Å²) < 4.78 is 5.88. The quantitative estimate of drug-likeness (QED) is 0.904. The first-order valence-electron chi connectivity index (χ1n) is 8.88. The van der Waals surface area contributed by atoms with Crippen LogP contribution in [0.2, 0.25) is 0 Å². The van der Waals surface area contributed by atoms with E-state index in [0.717, 1.165) is 0 Å². The minimum absolute atomic E-state index is 0.0309. The second-order valence-electron chi connectivity index (χ2n) is 6.49. The number of ether oxygens (including phenoxy) is 1. The first-order valence-corrected chi connectivity index (χ1v) is 8.88. The number of nitrogens with zero attached hydrogens (tertiary/aromatic N) is 3. The van der Waals surface area contributed by atoms with Crippen molar-refractivity contribution in [3.8, 4) is 11.5 Å². The molecule has 2 aromatic carbocycles. The molecule has 1 fully saturated rings. The SMILES string of the molecule is CN(C)C(=O)N1CCN(C(=O)Nc2ccccc2Oc2ccccc2)CC1. The Morgan fingerprint density at radius 2 is 1.48 bits per heavy atom. The molecule has 0 radical (unpaired) electrons. The van der Waals surface area contributed by atoms with Crippen molar-refractivity contribution in [2.24, 2.45) is 0 Å². The summed E-state index contributed by atoms with van der Waals surface area (Å²) in [5.74, 6) is 1.29. The van der Waals surface area contributed by atoms with E-state index in [1.165, 1.54) is 0 Å². The highest BCUT2D eigenvalue weighted by atomic mass is 16.5. The van der Waals surface area contributed by atoms with Crippen molar-refractivity contribution in [1.82, 2.24) is 14.7 Å². The maximum absolute atomic E-state index is 12.6. The molecule has 1 saturated heterocycles. The Balaban J connectivity index is 1.61. The standard InChI is InChI=1S/C20H24N4O3/c1-22(2)20(26)24-14-12-23(13-15-24)19(25)21-17-10-6-7-11-18(17)27-16-8-4-3-5-9-16/h3-11H,12-15H2,1-2H3,(H,21,25). The molecule has 0 aromatic heterocycles. The molecule has 4 amide bonds. The lowest BCUT2D eigenvalue weighted by Crippen LogP contribution is -2.53. The van der Waals surface area contributed by atoms with Gasteiger partial charge in [-0.3, -0.25) is 0 Å². The van der Waals surface area contributed by atoms with Gasteiger partial charge in [-0.15, -0.1) is 0 Å². The van der Waals surface area contributed by atoms with Gasteiger partial charge in [0.2, 0.25) is 0 Å². The fraction of sp³-hybridized carbons (Fsp3) is 0.300. The van der Waals surface area contributed by atoms with Crippen LogP contribution >= 0.6 is 0 Å². The second-order valence-corrected chi connectivity index (χ2v) is 6.49. The van der Waals surface area contributed by atoms with Gasteiger partial charge in [0.15, 0.2) is 5.75 Å². The van der Waals surface area contributed by atoms with E-state index in [-0.39, 0.29) is 12.1 Å². The van der Waals surface area contributed by atoms with Crippen molar-refractivity contribution in [3.05, 3.63) is 54.6 Å². The van der Waals surface area contributed by atoms with Crippen molar-refractivity contribution >= 4 is 17.7 Å². The molecule has 7 heteroatoms. The molecule has 1 N–H and O–H groups in total. The number of anilines is 1. The largest absolute Gasteiger partial charge is 0.455 e. The van der Waals surface area contributed by atoms with Gasteiger partial charge in [-0.2, -0.15) is 0 Å². The number of urea groups is 2. The summed E-state index contributed by atoms with van der Waals surface area (Å²) in [5.41, 5.74) is 0.609. The third-order valence-electron chi connectivity index (χ3n) is 4.32. The molecule has 3 rings (SSSR count). The van der Waals surface area contributed by atoms with Crippen LogP contribution in [0.3, 0.4) is 0 Å². The van der Waals surface area contributed by atoms with E-state index in [4.69, 9.17) is 4.74 Å². The Kier molecular flexibility index (Phi) is 5.80.